The monoisotopic (exact) mass is 530 g/mol. The lowest BCUT2D eigenvalue weighted by Crippen LogP contribution is -2.70. The minimum Gasteiger partial charge on any atom is -0.478 e. The summed E-state index contributed by atoms with van der Waals surface area (Å²) in [5.41, 5.74) is 13.6. The van der Waals surface area contributed by atoms with E-state index in [0.29, 0.717) is 31.4 Å². The summed E-state index contributed by atoms with van der Waals surface area (Å²) in [5.74, 6) is -1.96. The van der Waals surface area contributed by atoms with Gasteiger partial charge in [0.2, 0.25) is 0 Å². The number of carbonyl (C=O) groups is 2. The molecule has 4 fully saturated rings. The molecule has 4 aliphatic rings. The van der Waals surface area contributed by atoms with Crippen LogP contribution in [0.1, 0.15) is 73.1 Å². The van der Waals surface area contributed by atoms with Crippen molar-refractivity contribution in [3.8, 4) is 0 Å². The molecule has 4 rings (SSSR count). The van der Waals surface area contributed by atoms with E-state index in [1.54, 1.807) is 12.2 Å². The second kappa shape index (κ2) is 10.2. The second-order valence-electron chi connectivity index (χ2n) is 13.0. The Balaban J connectivity index is 1.89. The highest BCUT2D eigenvalue weighted by atomic mass is 16.5. The zero-order chi connectivity index (χ0) is 28.2. The fourth-order valence-corrected chi connectivity index (χ4v) is 9.38. The first-order valence-corrected chi connectivity index (χ1v) is 14.0. The van der Waals surface area contributed by atoms with Crippen LogP contribution in [0.5, 0.6) is 0 Å². The Morgan fingerprint density at radius 3 is 2.37 bits per heavy atom. The standard InChI is InChI=1S/C30H46N2O6/c1-16(2)7-6-8-18(27(36)37)24-20-13-22(35)26-28(4)11-10-21(34)25(32)19(28)9-12-30(26,15-31)29(20,5)14-23(24)38-17(3)33/h6-8,19-23,25-26,34-35H,9-15,31-32H2,1-5H3,(H,36,37)/b8-6-,24-18-/t19-,20-,21+,22+,23-,25-,26-,28-,29-,30+/m0/s1. The van der Waals surface area contributed by atoms with Crippen LogP contribution in [0.3, 0.4) is 0 Å². The third-order valence-electron chi connectivity index (χ3n) is 10.9. The third-order valence-corrected chi connectivity index (χ3v) is 10.9. The van der Waals surface area contributed by atoms with Crippen molar-refractivity contribution >= 4 is 11.9 Å². The molecular weight excluding hydrogens is 484 g/mol. The minimum atomic E-state index is -1.08. The molecule has 0 spiro atoms. The van der Waals surface area contributed by atoms with Crippen LogP contribution in [-0.2, 0) is 14.3 Å². The summed E-state index contributed by atoms with van der Waals surface area (Å²) in [5, 5.41) is 32.8. The molecule has 4 saturated carbocycles. The Bertz CT molecular complexity index is 1060. The van der Waals surface area contributed by atoms with Crippen molar-refractivity contribution in [2.24, 2.45) is 45.5 Å². The Morgan fingerprint density at radius 1 is 1.11 bits per heavy atom. The number of nitrogens with two attached hydrogens (primary N) is 2. The number of allylic oxidation sites excluding steroid dienone is 3. The molecule has 0 aromatic carbocycles. The van der Waals surface area contributed by atoms with Crippen LogP contribution in [0, 0.1) is 34.0 Å². The van der Waals surface area contributed by atoms with Crippen LogP contribution in [0.4, 0.5) is 0 Å². The van der Waals surface area contributed by atoms with E-state index in [0.717, 1.165) is 24.8 Å². The number of aliphatic hydroxyl groups excluding tert-OH is 2. The Hall–Kier alpha value is -2.00. The van der Waals surface area contributed by atoms with Crippen molar-refractivity contribution in [3.05, 3.63) is 34.9 Å². The van der Waals surface area contributed by atoms with Gasteiger partial charge in [0.15, 0.2) is 0 Å². The predicted octanol–water partition coefficient (Wildman–Crippen LogP) is 3.07. The number of rotatable bonds is 5. The fraction of sp³-hybridized carbons (Fsp3) is 0.733. The maximum atomic E-state index is 12.6. The Labute approximate surface area is 226 Å². The third kappa shape index (κ3) is 4.28. The number of aliphatic hydroxyl groups is 2. The van der Waals surface area contributed by atoms with Crippen molar-refractivity contribution in [3.63, 3.8) is 0 Å². The maximum Gasteiger partial charge on any atom is 0.335 e. The van der Waals surface area contributed by atoms with Gasteiger partial charge in [-0.05, 0) is 105 Å². The molecule has 0 heterocycles. The molecule has 0 radical (unpaired) electrons. The van der Waals surface area contributed by atoms with Crippen LogP contribution in [0.25, 0.3) is 0 Å². The van der Waals surface area contributed by atoms with E-state index in [1.807, 2.05) is 19.9 Å². The topological polar surface area (TPSA) is 156 Å². The zero-order valence-electron chi connectivity index (χ0n) is 23.4. The number of carboxylic acid groups (broad SMARTS) is 1. The lowest BCUT2D eigenvalue weighted by Gasteiger charge is -2.69. The predicted molar refractivity (Wildman–Crippen MR) is 145 cm³/mol. The molecule has 8 nitrogen and oxygen atoms in total. The van der Waals surface area contributed by atoms with Gasteiger partial charge in [-0.25, -0.2) is 4.79 Å². The summed E-state index contributed by atoms with van der Waals surface area (Å²) in [6.45, 7) is 9.90. The number of carboxylic acids is 1. The molecule has 7 N–H and O–H groups in total. The first-order chi connectivity index (χ1) is 17.7. The van der Waals surface area contributed by atoms with Crippen molar-refractivity contribution in [2.45, 2.75) is 97.5 Å². The molecule has 0 saturated heterocycles. The smallest absolute Gasteiger partial charge is 0.335 e. The highest BCUT2D eigenvalue weighted by molar-refractivity contribution is 5.91. The van der Waals surface area contributed by atoms with Gasteiger partial charge in [0.05, 0.1) is 17.8 Å². The molecule has 0 aliphatic heterocycles. The van der Waals surface area contributed by atoms with Gasteiger partial charge in [-0.1, -0.05) is 31.6 Å². The van der Waals surface area contributed by atoms with Gasteiger partial charge in [0.25, 0.3) is 0 Å². The second-order valence-corrected chi connectivity index (χ2v) is 13.0. The van der Waals surface area contributed by atoms with E-state index in [-0.39, 0.29) is 34.8 Å². The van der Waals surface area contributed by atoms with Crippen molar-refractivity contribution < 1.29 is 29.6 Å². The highest BCUT2D eigenvalue weighted by Gasteiger charge is 2.72. The van der Waals surface area contributed by atoms with Gasteiger partial charge in [0, 0.05) is 13.0 Å². The average Bonchev–Trinajstić information content (AvgIpc) is 3.09. The molecule has 4 aliphatic carbocycles. The number of hydrogen-bond acceptors (Lipinski definition) is 7. The SMILES string of the molecule is CC(=O)O[C@H]1C[C@@]2(C)[C@@H](C[C@@H](O)[C@H]3[C@@]4(C)CC[C@@H](O)[C@@H](N)[C@@H]4CC[C@@]32CN)/C1=C(\C=C/C=C(C)C)C(=O)O. The van der Waals surface area contributed by atoms with E-state index >= 15 is 0 Å². The number of aliphatic carboxylic acids is 1. The van der Waals surface area contributed by atoms with Crippen molar-refractivity contribution in [1.29, 1.82) is 0 Å². The first-order valence-electron chi connectivity index (χ1n) is 14.0. The number of esters is 1. The lowest BCUT2D eigenvalue weighted by molar-refractivity contribution is -0.230. The van der Waals surface area contributed by atoms with E-state index < -0.39 is 41.1 Å². The molecule has 0 amide bonds. The Morgan fingerprint density at radius 2 is 1.79 bits per heavy atom. The number of fused-ring (bicyclic) bond motifs is 5. The van der Waals surface area contributed by atoms with Gasteiger partial charge < -0.3 is 31.5 Å². The molecule has 10 atom stereocenters. The largest absolute Gasteiger partial charge is 0.478 e. The molecule has 38 heavy (non-hydrogen) atoms. The van der Waals surface area contributed by atoms with E-state index in [9.17, 15) is 24.9 Å². The minimum absolute atomic E-state index is 0.0630. The van der Waals surface area contributed by atoms with E-state index in [4.69, 9.17) is 16.2 Å². The summed E-state index contributed by atoms with van der Waals surface area (Å²) < 4.78 is 5.82. The molecule has 8 heteroatoms. The number of hydrogen-bond donors (Lipinski definition) is 5. The van der Waals surface area contributed by atoms with Gasteiger partial charge in [-0.15, -0.1) is 0 Å². The van der Waals surface area contributed by atoms with Crippen molar-refractivity contribution in [1.82, 2.24) is 0 Å². The zero-order valence-corrected chi connectivity index (χ0v) is 23.4. The lowest BCUT2D eigenvalue weighted by atomic mass is 9.36. The summed E-state index contributed by atoms with van der Waals surface area (Å²) in [6.07, 6.45) is 6.80. The van der Waals surface area contributed by atoms with Gasteiger partial charge >= 0.3 is 11.9 Å². The molecule has 0 aromatic rings. The highest BCUT2D eigenvalue weighted by Crippen LogP contribution is 2.73. The number of carbonyl (C=O) groups excluding carboxylic acids is 1. The van der Waals surface area contributed by atoms with E-state index in [2.05, 4.69) is 13.8 Å². The van der Waals surface area contributed by atoms with Gasteiger partial charge in [-0.2, -0.15) is 0 Å². The Kier molecular flexibility index (Phi) is 7.78. The van der Waals surface area contributed by atoms with Crippen LogP contribution in [0.15, 0.2) is 34.9 Å². The van der Waals surface area contributed by atoms with Gasteiger partial charge in [0.1, 0.15) is 6.10 Å². The van der Waals surface area contributed by atoms with Crippen molar-refractivity contribution in [2.75, 3.05) is 6.54 Å². The van der Waals surface area contributed by atoms with Gasteiger partial charge in [-0.3, -0.25) is 4.79 Å². The van der Waals surface area contributed by atoms with E-state index in [1.165, 1.54) is 6.92 Å². The normalized spacial score (nSPS) is 45.6. The average molecular weight is 531 g/mol. The van der Waals surface area contributed by atoms with Crippen LogP contribution in [-0.4, -0.2) is 58.2 Å². The first kappa shape index (κ1) is 29.0. The molecule has 0 aromatic heterocycles. The summed E-state index contributed by atoms with van der Waals surface area (Å²) in [6, 6.07) is -0.353. The molecule has 0 unspecified atom stereocenters. The van der Waals surface area contributed by atoms with Crippen LogP contribution >= 0.6 is 0 Å². The summed E-state index contributed by atoms with van der Waals surface area (Å²) >= 11 is 0. The summed E-state index contributed by atoms with van der Waals surface area (Å²) in [7, 11) is 0. The number of ether oxygens (including phenoxy) is 1. The molecule has 0 bridgehead atoms. The van der Waals surface area contributed by atoms with Crippen LogP contribution in [0.2, 0.25) is 0 Å². The molecular formula is C30H46N2O6. The fourth-order valence-electron chi connectivity index (χ4n) is 9.38. The maximum absolute atomic E-state index is 12.6. The summed E-state index contributed by atoms with van der Waals surface area (Å²) in [4.78, 5) is 24.8. The van der Waals surface area contributed by atoms with Crippen LogP contribution < -0.4 is 11.5 Å². The molecule has 212 valence electrons. The quantitative estimate of drug-likeness (QED) is 0.206.